The summed E-state index contributed by atoms with van der Waals surface area (Å²) in [5, 5.41) is 0. The summed E-state index contributed by atoms with van der Waals surface area (Å²) in [6.45, 7) is 8.44. The molecule has 3 N–H and O–H groups in total. The van der Waals surface area contributed by atoms with Crippen LogP contribution in [-0.2, 0) is 11.2 Å². The number of hydrogen-bond donors (Lipinski definition) is 1. The van der Waals surface area contributed by atoms with E-state index < -0.39 is 0 Å². The van der Waals surface area contributed by atoms with E-state index in [0.29, 0.717) is 18.2 Å². The zero-order chi connectivity index (χ0) is 13.8. The minimum atomic E-state index is 0.0585. The molecular formula is C15H24NOS+. The van der Waals surface area contributed by atoms with E-state index >= 15 is 0 Å². The summed E-state index contributed by atoms with van der Waals surface area (Å²) in [5.74, 6) is 0.860. The monoisotopic (exact) mass is 266 g/mol. The van der Waals surface area contributed by atoms with Crippen LogP contribution in [0.3, 0.4) is 0 Å². The van der Waals surface area contributed by atoms with E-state index in [-0.39, 0.29) is 10.5 Å². The average molecular weight is 266 g/mol. The van der Waals surface area contributed by atoms with Gasteiger partial charge in [0.1, 0.15) is 5.78 Å². The maximum Gasteiger partial charge on any atom is 0.147 e. The van der Waals surface area contributed by atoms with Crippen molar-refractivity contribution in [3.05, 3.63) is 35.4 Å². The number of quaternary nitrogens is 1. The van der Waals surface area contributed by atoms with Crippen LogP contribution in [-0.4, -0.2) is 22.3 Å². The van der Waals surface area contributed by atoms with Gasteiger partial charge in [-0.1, -0.05) is 29.8 Å². The van der Waals surface area contributed by atoms with Gasteiger partial charge >= 0.3 is 0 Å². The van der Waals surface area contributed by atoms with E-state index in [9.17, 15) is 4.79 Å². The minimum Gasteiger partial charge on any atom is -0.354 e. The molecule has 3 heteroatoms. The topological polar surface area (TPSA) is 44.7 Å². The highest BCUT2D eigenvalue weighted by molar-refractivity contribution is 8.01. The maximum absolute atomic E-state index is 11.9. The Kier molecular flexibility index (Phi) is 5.42. The van der Waals surface area contributed by atoms with Crippen molar-refractivity contribution >= 4 is 17.5 Å². The van der Waals surface area contributed by atoms with E-state index in [2.05, 4.69) is 45.6 Å². The van der Waals surface area contributed by atoms with Gasteiger partial charge in [0, 0.05) is 6.42 Å². The fraction of sp³-hybridized carbons (Fsp3) is 0.533. The summed E-state index contributed by atoms with van der Waals surface area (Å²) in [4.78, 5) is 11.9. The SMILES string of the molecule is Cc1ccc(CC(=O)CSC(C)(C)C(C)[NH3+])cc1. The number of rotatable bonds is 6. The van der Waals surface area contributed by atoms with Crippen molar-refractivity contribution in [2.45, 2.75) is 44.9 Å². The third-order valence-corrected chi connectivity index (χ3v) is 4.93. The van der Waals surface area contributed by atoms with Gasteiger partial charge in [-0.15, -0.1) is 11.8 Å². The first-order valence-corrected chi connectivity index (χ1v) is 7.34. The quantitative estimate of drug-likeness (QED) is 0.858. The van der Waals surface area contributed by atoms with Crippen molar-refractivity contribution in [1.82, 2.24) is 0 Å². The molecule has 0 spiro atoms. The van der Waals surface area contributed by atoms with Crippen LogP contribution in [0.2, 0.25) is 0 Å². The number of carbonyl (C=O) groups excluding carboxylic acids is 1. The van der Waals surface area contributed by atoms with Crippen LogP contribution in [0.1, 0.15) is 31.9 Å². The predicted molar refractivity (Wildman–Crippen MR) is 78.8 cm³/mol. The molecule has 0 radical (unpaired) electrons. The first-order chi connectivity index (χ1) is 8.31. The molecule has 0 saturated heterocycles. The molecule has 1 atom stereocenters. The second-order valence-corrected chi connectivity index (χ2v) is 7.12. The van der Waals surface area contributed by atoms with E-state index in [0.717, 1.165) is 5.56 Å². The molecule has 1 unspecified atom stereocenters. The van der Waals surface area contributed by atoms with Crippen molar-refractivity contribution in [3.8, 4) is 0 Å². The molecule has 18 heavy (non-hydrogen) atoms. The summed E-state index contributed by atoms with van der Waals surface area (Å²) in [6.07, 6.45) is 0.537. The number of thioether (sulfide) groups is 1. The van der Waals surface area contributed by atoms with Crippen molar-refractivity contribution in [1.29, 1.82) is 0 Å². The normalized spacial score (nSPS) is 13.4. The number of benzene rings is 1. The van der Waals surface area contributed by atoms with Crippen molar-refractivity contribution in [2.75, 3.05) is 5.75 Å². The third-order valence-electron chi connectivity index (χ3n) is 3.31. The third kappa shape index (κ3) is 4.83. The molecule has 100 valence electrons. The zero-order valence-corrected chi connectivity index (χ0v) is 12.6. The van der Waals surface area contributed by atoms with E-state index in [4.69, 9.17) is 0 Å². The Bertz CT molecular complexity index is 395. The number of ketones is 1. The van der Waals surface area contributed by atoms with E-state index in [1.54, 1.807) is 11.8 Å². The molecule has 0 heterocycles. The molecule has 1 aromatic carbocycles. The molecule has 0 bridgehead atoms. The molecule has 0 saturated carbocycles. The van der Waals surface area contributed by atoms with Crippen LogP contribution in [0.4, 0.5) is 0 Å². The van der Waals surface area contributed by atoms with Gasteiger partial charge < -0.3 is 5.73 Å². The fourth-order valence-electron chi connectivity index (χ4n) is 1.39. The lowest BCUT2D eigenvalue weighted by Gasteiger charge is -2.25. The van der Waals surface area contributed by atoms with E-state index in [1.165, 1.54) is 5.56 Å². The molecule has 0 aromatic heterocycles. The van der Waals surface area contributed by atoms with Gasteiger partial charge in [0.2, 0.25) is 0 Å². The Labute approximate surface area is 114 Å². The molecule has 0 aliphatic carbocycles. The Balaban J connectivity index is 2.45. The summed E-state index contributed by atoms with van der Waals surface area (Å²) < 4.78 is 0.0585. The van der Waals surface area contributed by atoms with Gasteiger partial charge in [-0.2, -0.15) is 0 Å². The molecule has 1 rings (SSSR count). The second-order valence-electron chi connectivity index (χ2n) is 5.49. The largest absolute Gasteiger partial charge is 0.354 e. The standard InChI is InChI=1S/C15H23NOS/c1-11-5-7-13(8-6-11)9-14(17)10-18-15(3,4)12(2)16/h5-8,12H,9-10,16H2,1-4H3/p+1. The maximum atomic E-state index is 11.9. The highest BCUT2D eigenvalue weighted by Crippen LogP contribution is 2.26. The molecule has 1 aromatic rings. The van der Waals surface area contributed by atoms with Crippen molar-refractivity contribution in [2.24, 2.45) is 0 Å². The van der Waals surface area contributed by atoms with Gasteiger partial charge in [0.05, 0.1) is 16.5 Å². The van der Waals surface area contributed by atoms with Crippen LogP contribution >= 0.6 is 11.8 Å². The molecule has 0 amide bonds. The van der Waals surface area contributed by atoms with E-state index in [1.807, 2.05) is 12.1 Å². The highest BCUT2D eigenvalue weighted by atomic mass is 32.2. The Hall–Kier alpha value is -0.800. The van der Waals surface area contributed by atoms with Crippen LogP contribution in [0.25, 0.3) is 0 Å². The Morgan fingerprint density at radius 3 is 2.39 bits per heavy atom. The molecule has 0 fully saturated rings. The smallest absolute Gasteiger partial charge is 0.147 e. The summed E-state index contributed by atoms with van der Waals surface area (Å²) in [7, 11) is 0. The van der Waals surface area contributed by atoms with Gasteiger partial charge in [-0.3, -0.25) is 4.79 Å². The lowest BCUT2D eigenvalue weighted by Crippen LogP contribution is -2.67. The first-order valence-electron chi connectivity index (χ1n) is 6.35. The van der Waals surface area contributed by atoms with Gasteiger partial charge in [-0.05, 0) is 33.3 Å². The Morgan fingerprint density at radius 1 is 1.33 bits per heavy atom. The number of aryl methyl sites for hydroxylation is 1. The van der Waals surface area contributed by atoms with Crippen molar-refractivity contribution < 1.29 is 10.5 Å². The summed E-state index contributed by atoms with van der Waals surface area (Å²) >= 11 is 1.71. The van der Waals surface area contributed by atoms with Crippen LogP contribution in [0.5, 0.6) is 0 Å². The van der Waals surface area contributed by atoms with Gasteiger partial charge in [-0.25, -0.2) is 0 Å². The zero-order valence-electron chi connectivity index (χ0n) is 11.8. The van der Waals surface area contributed by atoms with Crippen LogP contribution in [0.15, 0.2) is 24.3 Å². The fourth-order valence-corrected chi connectivity index (χ4v) is 2.31. The second kappa shape index (κ2) is 6.39. The molecule has 2 nitrogen and oxygen atoms in total. The average Bonchev–Trinajstić information content (AvgIpc) is 2.29. The molecule has 0 aliphatic rings. The van der Waals surface area contributed by atoms with Gasteiger partial charge in [0.25, 0.3) is 0 Å². The lowest BCUT2D eigenvalue weighted by atomic mass is 10.1. The van der Waals surface area contributed by atoms with Crippen LogP contribution < -0.4 is 5.73 Å². The predicted octanol–water partition coefficient (Wildman–Crippen LogP) is 2.25. The summed E-state index contributed by atoms with van der Waals surface area (Å²) in [6, 6.07) is 8.50. The number of hydrogen-bond acceptors (Lipinski definition) is 2. The highest BCUT2D eigenvalue weighted by Gasteiger charge is 2.27. The lowest BCUT2D eigenvalue weighted by molar-refractivity contribution is -0.420. The van der Waals surface area contributed by atoms with Crippen molar-refractivity contribution in [3.63, 3.8) is 0 Å². The first kappa shape index (κ1) is 15.3. The minimum absolute atomic E-state index is 0.0585. The van der Waals surface area contributed by atoms with Crippen LogP contribution in [0, 0.1) is 6.92 Å². The number of carbonyl (C=O) groups is 1. The molecular weight excluding hydrogens is 242 g/mol. The molecule has 0 aliphatic heterocycles. The Morgan fingerprint density at radius 2 is 1.89 bits per heavy atom. The summed E-state index contributed by atoms with van der Waals surface area (Å²) in [5.41, 5.74) is 6.38. The van der Waals surface area contributed by atoms with Gasteiger partial charge in [0.15, 0.2) is 0 Å². The number of Topliss-reactive ketones (excluding diaryl/α,β-unsaturated/α-hetero) is 1.